The maximum atomic E-state index is 3.43. The van der Waals surface area contributed by atoms with Crippen LogP contribution in [0.2, 0.25) is 0 Å². The third kappa shape index (κ3) is 1.98. The number of hydrogen-bond donors (Lipinski definition) is 1. The van der Waals surface area contributed by atoms with Crippen molar-refractivity contribution in [1.82, 2.24) is 5.32 Å². The van der Waals surface area contributed by atoms with E-state index >= 15 is 0 Å². The summed E-state index contributed by atoms with van der Waals surface area (Å²) in [5, 5.41) is 3.43. The molecule has 1 heterocycles. The molecule has 0 aromatic carbocycles. The molecule has 0 aromatic rings. The van der Waals surface area contributed by atoms with Gasteiger partial charge in [0.1, 0.15) is 0 Å². The topological polar surface area (TPSA) is 12.0 Å². The summed E-state index contributed by atoms with van der Waals surface area (Å²) in [6, 6.07) is 0.845. The molecular formula is C9H19N. The molecule has 1 nitrogen and oxygen atoms in total. The zero-order valence-corrected chi connectivity index (χ0v) is 7.35. The normalized spacial score (nSPS) is 28.2. The van der Waals surface area contributed by atoms with Crippen LogP contribution in [-0.4, -0.2) is 12.6 Å². The summed E-state index contributed by atoms with van der Waals surface area (Å²) in [7, 11) is 0. The van der Waals surface area contributed by atoms with Crippen LogP contribution in [0.3, 0.4) is 0 Å². The number of rotatable bonds is 3. The van der Waals surface area contributed by atoms with Crippen molar-refractivity contribution in [1.29, 1.82) is 0 Å². The van der Waals surface area contributed by atoms with Crippen LogP contribution in [0.25, 0.3) is 0 Å². The lowest BCUT2D eigenvalue weighted by Crippen LogP contribution is -2.44. The van der Waals surface area contributed by atoms with E-state index in [1.54, 1.807) is 0 Å². The molecule has 1 N–H and O–H groups in total. The van der Waals surface area contributed by atoms with Gasteiger partial charge in [0, 0.05) is 6.04 Å². The second kappa shape index (κ2) is 3.38. The summed E-state index contributed by atoms with van der Waals surface area (Å²) in [4.78, 5) is 0. The summed E-state index contributed by atoms with van der Waals surface area (Å²) in [5.74, 6) is 1.74. The van der Waals surface area contributed by atoms with Gasteiger partial charge >= 0.3 is 0 Å². The van der Waals surface area contributed by atoms with Crippen LogP contribution in [0, 0.1) is 11.8 Å². The molecular weight excluding hydrogens is 122 g/mol. The van der Waals surface area contributed by atoms with Crippen molar-refractivity contribution in [2.45, 2.75) is 39.7 Å². The SMILES string of the molecule is CC(C)C(C)CC1CCN1. The first-order valence-corrected chi connectivity index (χ1v) is 4.43. The van der Waals surface area contributed by atoms with E-state index in [-0.39, 0.29) is 0 Å². The minimum atomic E-state index is 0.845. The van der Waals surface area contributed by atoms with Gasteiger partial charge in [-0.05, 0) is 31.2 Å². The summed E-state index contributed by atoms with van der Waals surface area (Å²) in [6.45, 7) is 8.22. The molecule has 0 saturated carbocycles. The van der Waals surface area contributed by atoms with Gasteiger partial charge in [0.15, 0.2) is 0 Å². The molecule has 0 aliphatic carbocycles. The Bertz CT molecular complexity index is 94.9. The molecule has 2 unspecified atom stereocenters. The Kier molecular flexibility index (Phi) is 2.72. The Morgan fingerprint density at radius 1 is 1.40 bits per heavy atom. The van der Waals surface area contributed by atoms with E-state index in [2.05, 4.69) is 26.1 Å². The first-order valence-electron chi connectivity index (χ1n) is 4.43. The zero-order valence-electron chi connectivity index (χ0n) is 7.35. The van der Waals surface area contributed by atoms with E-state index < -0.39 is 0 Å². The van der Waals surface area contributed by atoms with Gasteiger partial charge < -0.3 is 5.32 Å². The van der Waals surface area contributed by atoms with E-state index in [0.29, 0.717) is 0 Å². The highest BCUT2D eigenvalue weighted by molar-refractivity contribution is 4.79. The molecule has 1 saturated heterocycles. The third-order valence-electron chi connectivity index (χ3n) is 2.72. The molecule has 1 heteroatoms. The van der Waals surface area contributed by atoms with Gasteiger partial charge in [-0.25, -0.2) is 0 Å². The molecule has 0 amide bonds. The second-order valence-electron chi connectivity index (χ2n) is 3.90. The predicted octanol–water partition coefficient (Wildman–Crippen LogP) is 2.03. The van der Waals surface area contributed by atoms with Gasteiger partial charge in [0.2, 0.25) is 0 Å². The van der Waals surface area contributed by atoms with Crippen LogP contribution in [0.1, 0.15) is 33.6 Å². The molecule has 10 heavy (non-hydrogen) atoms. The average molecular weight is 141 g/mol. The van der Waals surface area contributed by atoms with Crippen LogP contribution in [-0.2, 0) is 0 Å². The largest absolute Gasteiger partial charge is 0.314 e. The molecule has 2 atom stereocenters. The highest BCUT2D eigenvalue weighted by Crippen LogP contribution is 2.19. The van der Waals surface area contributed by atoms with Crippen molar-refractivity contribution in [3.63, 3.8) is 0 Å². The second-order valence-corrected chi connectivity index (χ2v) is 3.90. The quantitative estimate of drug-likeness (QED) is 0.634. The summed E-state index contributed by atoms with van der Waals surface area (Å²) >= 11 is 0. The van der Waals surface area contributed by atoms with E-state index in [1.807, 2.05) is 0 Å². The van der Waals surface area contributed by atoms with Gasteiger partial charge in [0.05, 0.1) is 0 Å². The maximum absolute atomic E-state index is 3.43. The van der Waals surface area contributed by atoms with Crippen LogP contribution in [0.5, 0.6) is 0 Å². The standard InChI is InChI=1S/C9H19N/c1-7(2)8(3)6-9-4-5-10-9/h7-10H,4-6H2,1-3H3. The molecule has 1 aliphatic rings. The highest BCUT2D eigenvalue weighted by Gasteiger charge is 2.19. The lowest BCUT2D eigenvalue weighted by molar-refractivity contribution is 0.270. The molecule has 1 fully saturated rings. The van der Waals surface area contributed by atoms with Gasteiger partial charge in [-0.15, -0.1) is 0 Å². The van der Waals surface area contributed by atoms with Crippen molar-refractivity contribution in [2.24, 2.45) is 11.8 Å². The first kappa shape index (κ1) is 8.06. The Morgan fingerprint density at radius 3 is 2.30 bits per heavy atom. The van der Waals surface area contributed by atoms with Crippen LogP contribution in [0.4, 0.5) is 0 Å². The van der Waals surface area contributed by atoms with E-state index in [4.69, 9.17) is 0 Å². The fourth-order valence-corrected chi connectivity index (χ4v) is 1.27. The minimum absolute atomic E-state index is 0.845. The fraction of sp³-hybridized carbons (Fsp3) is 1.00. The smallest absolute Gasteiger partial charge is 0.00817 e. The van der Waals surface area contributed by atoms with Gasteiger partial charge in [0.25, 0.3) is 0 Å². The van der Waals surface area contributed by atoms with Crippen LogP contribution < -0.4 is 5.32 Å². The Balaban J connectivity index is 2.10. The molecule has 0 bridgehead atoms. The molecule has 0 aromatic heterocycles. The summed E-state index contributed by atoms with van der Waals surface area (Å²) in [6.07, 6.45) is 2.77. The average Bonchev–Trinajstić information content (AvgIpc) is 1.77. The van der Waals surface area contributed by atoms with Crippen molar-refractivity contribution in [3.05, 3.63) is 0 Å². The first-order chi connectivity index (χ1) is 4.70. The van der Waals surface area contributed by atoms with Crippen LogP contribution in [0.15, 0.2) is 0 Å². The van der Waals surface area contributed by atoms with Crippen molar-refractivity contribution in [3.8, 4) is 0 Å². The van der Waals surface area contributed by atoms with Gasteiger partial charge in [-0.3, -0.25) is 0 Å². The third-order valence-corrected chi connectivity index (χ3v) is 2.72. The van der Waals surface area contributed by atoms with Crippen molar-refractivity contribution < 1.29 is 0 Å². The summed E-state index contributed by atoms with van der Waals surface area (Å²) < 4.78 is 0. The fourth-order valence-electron chi connectivity index (χ4n) is 1.27. The zero-order chi connectivity index (χ0) is 7.56. The minimum Gasteiger partial charge on any atom is -0.314 e. The van der Waals surface area contributed by atoms with E-state index in [9.17, 15) is 0 Å². The number of nitrogens with one attached hydrogen (secondary N) is 1. The highest BCUT2D eigenvalue weighted by atomic mass is 15.0. The molecule has 0 spiro atoms. The monoisotopic (exact) mass is 141 g/mol. The summed E-state index contributed by atoms with van der Waals surface area (Å²) in [5.41, 5.74) is 0. The molecule has 0 radical (unpaired) electrons. The van der Waals surface area contributed by atoms with Gasteiger partial charge in [-0.1, -0.05) is 20.8 Å². The molecule has 60 valence electrons. The Hall–Kier alpha value is -0.0400. The number of hydrogen-bond acceptors (Lipinski definition) is 1. The molecule has 1 rings (SSSR count). The van der Waals surface area contributed by atoms with E-state index in [0.717, 1.165) is 17.9 Å². The lowest BCUT2D eigenvalue weighted by atomic mass is 9.88. The van der Waals surface area contributed by atoms with Gasteiger partial charge in [-0.2, -0.15) is 0 Å². The van der Waals surface area contributed by atoms with Crippen molar-refractivity contribution >= 4 is 0 Å². The van der Waals surface area contributed by atoms with E-state index in [1.165, 1.54) is 19.4 Å². The predicted molar refractivity (Wildman–Crippen MR) is 45.0 cm³/mol. The van der Waals surface area contributed by atoms with Crippen molar-refractivity contribution in [2.75, 3.05) is 6.54 Å². The maximum Gasteiger partial charge on any atom is 0.00817 e. The lowest BCUT2D eigenvalue weighted by Gasteiger charge is -2.31. The Labute approximate surface area is 64.2 Å². The van der Waals surface area contributed by atoms with Crippen LogP contribution >= 0.6 is 0 Å². The Morgan fingerprint density at radius 2 is 2.00 bits per heavy atom. The molecule has 1 aliphatic heterocycles.